The number of thiocarbonyl (C=S) groups is 1. The first-order chi connectivity index (χ1) is 16.6. The van der Waals surface area contributed by atoms with E-state index in [1.165, 1.54) is 0 Å². The number of halogens is 3. The third-order valence-corrected chi connectivity index (χ3v) is 7.30. The van der Waals surface area contributed by atoms with Crippen LogP contribution >= 0.6 is 62.7 Å². The van der Waals surface area contributed by atoms with Crippen molar-refractivity contribution in [2.45, 2.75) is 27.3 Å². The standard InChI is InChI=1S/C22H21BrCl2N4O4S2/c1-4-32-20(30)16-11(3)17(21(31)33-5-2)35-19(16)27-22(34)26-18-13(23)10-29(28-18)9-12-6-7-14(24)15(25)8-12/h6-8,10H,4-5,9H2,1-3H3,(H2,26,27,28,34). The molecule has 0 fully saturated rings. The van der Waals surface area contributed by atoms with Gasteiger partial charge in [-0.2, -0.15) is 5.10 Å². The number of nitrogens with zero attached hydrogens (tertiary/aromatic N) is 2. The second-order valence-electron chi connectivity index (χ2n) is 7.05. The van der Waals surface area contributed by atoms with Crippen molar-refractivity contribution in [2.24, 2.45) is 0 Å². The number of benzene rings is 1. The largest absolute Gasteiger partial charge is 0.462 e. The van der Waals surface area contributed by atoms with Gasteiger partial charge in [-0.3, -0.25) is 4.68 Å². The SMILES string of the molecule is CCOC(=O)c1sc(NC(=S)Nc2nn(Cc3ccc(Cl)c(Cl)c3)cc2Br)c(C(=O)OCC)c1C. The van der Waals surface area contributed by atoms with Crippen molar-refractivity contribution in [3.8, 4) is 0 Å². The molecule has 0 bridgehead atoms. The number of carbonyl (C=O) groups is 2. The number of carbonyl (C=O) groups excluding carboxylic acids is 2. The minimum Gasteiger partial charge on any atom is -0.462 e. The molecule has 0 spiro atoms. The number of esters is 2. The lowest BCUT2D eigenvalue weighted by atomic mass is 10.1. The number of hydrogen-bond acceptors (Lipinski definition) is 7. The Morgan fingerprint density at radius 2 is 1.83 bits per heavy atom. The fourth-order valence-corrected chi connectivity index (χ4v) is 5.16. The summed E-state index contributed by atoms with van der Waals surface area (Å²) in [5, 5.41) is 12.0. The Balaban J connectivity index is 1.79. The maximum absolute atomic E-state index is 12.6. The maximum atomic E-state index is 12.6. The molecule has 0 aliphatic carbocycles. The van der Waals surface area contributed by atoms with Gasteiger partial charge in [-0.1, -0.05) is 29.3 Å². The lowest BCUT2D eigenvalue weighted by molar-refractivity contribution is 0.0527. The molecule has 0 amide bonds. The van der Waals surface area contributed by atoms with Crippen LogP contribution in [-0.4, -0.2) is 40.0 Å². The monoisotopic (exact) mass is 618 g/mol. The molecule has 0 atom stereocenters. The van der Waals surface area contributed by atoms with Crippen molar-refractivity contribution < 1.29 is 19.1 Å². The van der Waals surface area contributed by atoms with E-state index in [0.29, 0.717) is 42.3 Å². The van der Waals surface area contributed by atoms with Crippen LogP contribution in [0.5, 0.6) is 0 Å². The van der Waals surface area contributed by atoms with Crippen LogP contribution in [0, 0.1) is 6.92 Å². The Morgan fingerprint density at radius 3 is 2.49 bits per heavy atom. The molecule has 35 heavy (non-hydrogen) atoms. The van der Waals surface area contributed by atoms with E-state index in [4.69, 9.17) is 44.9 Å². The Kier molecular flexibility index (Phi) is 9.54. The van der Waals surface area contributed by atoms with Crippen molar-refractivity contribution in [3.63, 3.8) is 0 Å². The van der Waals surface area contributed by atoms with E-state index in [0.717, 1.165) is 16.9 Å². The normalized spacial score (nSPS) is 10.7. The number of anilines is 2. The van der Waals surface area contributed by atoms with Gasteiger partial charge in [0.25, 0.3) is 0 Å². The smallest absolute Gasteiger partial charge is 0.348 e. The van der Waals surface area contributed by atoms with Gasteiger partial charge in [0.05, 0.1) is 39.8 Å². The second kappa shape index (κ2) is 12.2. The zero-order valence-corrected chi connectivity index (χ0v) is 23.6. The summed E-state index contributed by atoms with van der Waals surface area (Å²) in [6, 6.07) is 5.36. The molecule has 3 rings (SSSR count). The molecule has 2 N–H and O–H groups in total. The lowest BCUT2D eigenvalue weighted by Gasteiger charge is -2.10. The van der Waals surface area contributed by atoms with Crippen LogP contribution in [0.25, 0.3) is 0 Å². The number of nitrogens with one attached hydrogen (secondary N) is 2. The first kappa shape index (κ1) is 27.4. The summed E-state index contributed by atoms with van der Waals surface area (Å²) >= 11 is 22.1. The van der Waals surface area contributed by atoms with Gasteiger partial charge in [-0.05, 0) is 72.2 Å². The van der Waals surface area contributed by atoms with Crippen LogP contribution in [0.4, 0.5) is 10.8 Å². The molecule has 0 saturated heterocycles. The van der Waals surface area contributed by atoms with Gasteiger partial charge in [-0.15, -0.1) is 11.3 Å². The minimum absolute atomic E-state index is 0.174. The molecule has 0 unspecified atom stereocenters. The Bertz CT molecular complexity index is 1280. The van der Waals surface area contributed by atoms with E-state index in [-0.39, 0.29) is 23.9 Å². The second-order valence-corrected chi connectivity index (χ2v) is 10.1. The lowest BCUT2D eigenvalue weighted by Crippen LogP contribution is -2.21. The summed E-state index contributed by atoms with van der Waals surface area (Å²) < 4.78 is 12.6. The highest BCUT2D eigenvalue weighted by atomic mass is 79.9. The third-order valence-electron chi connectivity index (χ3n) is 4.59. The van der Waals surface area contributed by atoms with Crippen LogP contribution in [0.15, 0.2) is 28.9 Å². The molecule has 13 heteroatoms. The molecule has 0 saturated carbocycles. The summed E-state index contributed by atoms with van der Waals surface area (Å²) in [6.07, 6.45) is 1.78. The van der Waals surface area contributed by atoms with E-state index in [9.17, 15) is 9.59 Å². The van der Waals surface area contributed by atoms with E-state index < -0.39 is 11.9 Å². The molecular weight excluding hydrogens is 599 g/mol. The summed E-state index contributed by atoms with van der Waals surface area (Å²) in [5.41, 5.74) is 1.61. The van der Waals surface area contributed by atoms with Crippen LogP contribution in [0.2, 0.25) is 10.0 Å². The summed E-state index contributed by atoms with van der Waals surface area (Å²) in [4.78, 5) is 25.2. The average molecular weight is 620 g/mol. The minimum atomic E-state index is -0.561. The fraction of sp³-hybridized carbons (Fsp3) is 0.273. The maximum Gasteiger partial charge on any atom is 0.348 e. The zero-order valence-electron chi connectivity index (χ0n) is 18.9. The van der Waals surface area contributed by atoms with Gasteiger partial charge in [-0.25, -0.2) is 9.59 Å². The molecule has 3 aromatic rings. The Labute approximate surface area is 230 Å². The molecule has 186 valence electrons. The third kappa shape index (κ3) is 6.73. The summed E-state index contributed by atoms with van der Waals surface area (Å²) in [5.74, 6) is -0.621. The highest BCUT2D eigenvalue weighted by molar-refractivity contribution is 9.10. The number of hydrogen-bond donors (Lipinski definition) is 2. The van der Waals surface area contributed by atoms with E-state index >= 15 is 0 Å². The average Bonchev–Trinajstić information content (AvgIpc) is 3.29. The van der Waals surface area contributed by atoms with Gasteiger partial charge in [0.15, 0.2) is 10.9 Å². The molecule has 2 aromatic heterocycles. The van der Waals surface area contributed by atoms with Gasteiger partial charge in [0.1, 0.15) is 9.88 Å². The van der Waals surface area contributed by atoms with Crippen molar-refractivity contribution in [1.82, 2.24) is 9.78 Å². The first-order valence-electron chi connectivity index (χ1n) is 10.4. The van der Waals surface area contributed by atoms with Gasteiger partial charge in [0.2, 0.25) is 0 Å². The van der Waals surface area contributed by atoms with E-state index in [1.54, 1.807) is 43.8 Å². The predicted molar refractivity (Wildman–Crippen MR) is 146 cm³/mol. The van der Waals surface area contributed by atoms with Crippen LogP contribution in [-0.2, 0) is 16.0 Å². The molecule has 0 aliphatic heterocycles. The van der Waals surface area contributed by atoms with Crippen molar-refractivity contribution in [3.05, 3.63) is 60.5 Å². The molecule has 0 radical (unpaired) electrons. The topological polar surface area (TPSA) is 94.5 Å². The van der Waals surface area contributed by atoms with Crippen molar-refractivity contribution in [2.75, 3.05) is 23.8 Å². The molecular formula is C22H21BrCl2N4O4S2. The van der Waals surface area contributed by atoms with Gasteiger partial charge < -0.3 is 20.1 Å². The predicted octanol–water partition coefficient (Wildman–Crippen LogP) is 6.53. The number of rotatable bonds is 8. The van der Waals surface area contributed by atoms with Crippen LogP contribution < -0.4 is 10.6 Å². The highest BCUT2D eigenvalue weighted by Gasteiger charge is 2.27. The molecule has 2 heterocycles. The van der Waals surface area contributed by atoms with Crippen molar-refractivity contribution in [1.29, 1.82) is 0 Å². The van der Waals surface area contributed by atoms with E-state index in [1.807, 2.05) is 6.07 Å². The van der Waals surface area contributed by atoms with Crippen LogP contribution in [0.3, 0.4) is 0 Å². The fourth-order valence-electron chi connectivity index (χ4n) is 3.07. The number of aromatic nitrogens is 2. The summed E-state index contributed by atoms with van der Waals surface area (Å²) in [7, 11) is 0. The first-order valence-corrected chi connectivity index (χ1v) is 13.1. The number of ether oxygens (including phenoxy) is 2. The Hall–Kier alpha value is -2.18. The molecule has 0 aliphatic rings. The Morgan fingerprint density at radius 1 is 1.14 bits per heavy atom. The quantitative estimate of drug-likeness (QED) is 0.217. The van der Waals surface area contributed by atoms with Gasteiger partial charge >= 0.3 is 11.9 Å². The molecule has 1 aromatic carbocycles. The van der Waals surface area contributed by atoms with Crippen molar-refractivity contribution >= 4 is 90.6 Å². The summed E-state index contributed by atoms with van der Waals surface area (Å²) in [6.45, 7) is 5.94. The van der Waals surface area contributed by atoms with Crippen LogP contribution in [0.1, 0.15) is 45.0 Å². The van der Waals surface area contributed by atoms with Gasteiger partial charge in [0, 0.05) is 6.20 Å². The highest BCUT2D eigenvalue weighted by Crippen LogP contribution is 2.34. The zero-order chi connectivity index (χ0) is 25.7. The van der Waals surface area contributed by atoms with E-state index in [2.05, 4.69) is 31.7 Å². The number of thiophene rings is 1. The molecule has 8 nitrogen and oxygen atoms in total.